The number of fused-ring (bicyclic) bond motifs is 1. The van der Waals surface area contributed by atoms with Crippen LogP contribution in [0.4, 0.5) is 8.78 Å². The van der Waals surface area contributed by atoms with E-state index in [4.69, 9.17) is 9.47 Å². The topological polar surface area (TPSA) is 65.4 Å². The predicted molar refractivity (Wildman–Crippen MR) is 120 cm³/mol. The first kappa shape index (κ1) is 22.4. The molecule has 1 aromatic heterocycles. The summed E-state index contributed by atoms with van der Waals surface area (Å²) in [6.07, 6.45) is 1.04. The van der Waals surface area contributed by atoms with Crippen molar-refractivity contribution in [3.8, 4) is 11.4 Å². The average molecular weight is 451 g/mol. The lowest BCUT2D eigenvalue weighted by Gasteiger charge is -2.26. The van der Waals surface area contributed by atoms with Gasteiger partial charge in [-0.2, -0.15) is 5.10 Å². The predicted octanol–water partition coefficient (Wildman–Crippen LogP) is 4.57. The van der Waals surface area contributed by atoms with E-state index in [-0.39, 0.29) is 18.3 Å². The summed E-state index contributed by atoms with van der Waals surface area (Å²) >= 11 is 0. The van der Waals surface area contributed by atoms with Crippen LogP contribution >= 0.6 is 0 Å². The number of benzene rings is 3. The second-order valence-corrected chi connectivity index (χ2v) is 7.64. The van der Waals surface area contributed by atoms with E-state index in [2.05, 4.69) is 10.4 Å². The minimum Gasteiger partial charge on any atom is -0.484 e. The van der Waals surface area contributed by atoms with Crippen LogP contribution in [0.25, 0.3) is 16.6 Å². The lowest BCUT2D eigenvalue weighted by Crippen LogP contribution is -2.40. The number of carbonyl (C=O) groups is 1. The fraction of sp³-hybridized carbons (Fsp3) is 0.200. The monoisotopic (exact) mass is 451 g/mol. The van der Waals surface area contributed by atoms with E-state index in [0.717, 1.165) is 16.6 Å². The zero-order valence-electron chi connectivity index (χ0n) is 18.2. The third-order valence-corrected chi connectivity index (χ3v) is 5.17. The number of amides is 1. The number of hydrogen-bond donors (Lipinski definition) is 1. The molecule has 0 spiro atoms. The van der Waals surface area contributed by atoms with Gasteiger partial charge in [-0.25, -0.2) is 13.5 Å². The summed E-state index contributed by atoms with van der Waals surface area (Å²) in [5.74, 6) is -0.483. The molecule has 170 valence electrons. The zero-order chi connectivity index (χ0) is 23.4. The van der Waals surface area contributed by atoms with Gasteiger partial charge < -0.3 is 14.8 Å². The highest BCUT2D eigenvalue weighted by molar-refractivity contribution is 5.81. The van der Waals surface area contributed by atoms with Crippen molar-refractivity contribution in [2.45, 2.75) is 19.1 Å². The van der Waals surface area contributed by atoms with Gasteiger partial charge in [0.05, 0.1) is 23.4 Å². The summed E-state index contributed by atoms with van der Waals surface area (Å²) in [6.45, 7) is 1.70. The maximum absolute atomic E-state index is 13.9. The first-order valence-corrected chi connectivity index (χ1v) is 10.4. The Morgan fingerprint density at radius 1 is 1.06 bits per heavy atom. The molecule has 2 unspecified atom stereocenters. The molecule has 0 aliphatic heterocycles. The third-order valence-electron chi connectivity index (χ3n) is 5.17. The number of rotatable bonds is 8. The maximum atomic E-state index is 13.9. The van der Waals surface area contributed by atoms with Gasteiger partial charge in [0.1, 0.15) is 30.1 Å². The van der Waals surface area contributed by atoms with Crippen LogP contribution in [0.1, 0.15) is 18.6 Å². The molecule has 3 aromatic carbocycles. The smallest absolute Gasteiger partial charge is 0.246 e. The zero-order valence-corrected chi connectivity index (χ0v) is 18.2. The second-order valence-electron chi connectivity index (χ2n) is 7.64. The van der Waals surface area contributed by atoms with Crippen molar-refractivity contribution in [2.75, 3.05) is 13.7 Å². The Hall–Kier alpha value is -3.78. The maximum Gasteiger partial charge on any atom is 0.246 e. The van der Waals surface area contributed by atoms with Gasteiger partial charge >= 0.3 is 0 Å². The molecule has 0 saturated heterocycles. The summed E-state index contributed by atoms with van der Waals surface area (Å²) in [5.41, 5.74) is 2.13. The van der Waals surface area contributed by atoms with Crippen LogP contribution in [-0.4, -0.2) is 35.4 Å². The molecule has 0 fully saturated rings. The number of halogens is 2. The van der Waals surface area contributed by atoms with Gasteiger partial charge in [0.2, 0.25) is 5.91 Å². The largest absolute Gasteiger partial charge is 0.484 e. The molecule has 2 atom stereocenters. The van der Waals surface area contributed by atoms with Crippen molar-refractivity contribution in [3.05, 3.63) is 90.1 Å². The highest BCUT2D eigenvalue weighted by Crippen LogP contribution is 2.29. The highest BCUT2D eigenvalue weighted by atomic mass is 19.1. The number of nitrogens with one attached hydrogen (secondary N) is 1. The van der Waals surface area contributed by atoms with E-state index in [1.54, 1.807) is 48.1 Å². The summed E-state index contributed by atoms with van der Waals surface area (Å²) in [4.78, 5) is 12.0. The van der Waals surface area contributed by atoms with Gasteiger partial charge in [0.25, 0.3) is 0 Å². The SMILES string of the molecule is COCC(=O)NC(C)C(Oc1ccc2c(cnn2-c2ccc(F)cc2)c1)c1cccc(F)c1. The van der Waals surface area contributed by atoms with Crippen molar-refractivity contribution < 1.29 is 23.0 Å². The first-order valence-electron chi connectivity index (χ1n) is 10.4. The van der Waals surface area contributed by atoms with Gasteiger partial charge in [-0.1, -0.05) is 12.1 Å². The number of ether oxygens (including phenoxy) is 2. The van der Waals surface area contributed by atoms with Crippen molar-refractivity contribution in [3.63, 3.8) is 0 Å². The lowest BCUT2D eigenvalue weighted by atomic mass is 10.0. The standard InChI is InChI=1S/C25H23F2N3O3/c1-16(29-24(31)15-32-2)25(17-4-3-5-20(27)12-17)33-22-10-11-23-18(13-22)14-28-30(23)21-8-6-19(26)7-9-21/h3-14,16,25H,15H2,1-2H3,(H,29,31). The van der Waals surface area contributed by atoms with Crippen molar-refractivity contribution in [2.24, 2.45) is 0 Å². The van der Waals surface area contributed by atoms with Gasteiger partial charge in [0, 0.05) is 12.5 Å². The summed E-state index contributed by atoms with van der Waals surface area (Å²) in [7, 11) is 1.44. The Morgan fingerprint density at radius 2 is 1.85 bits per heavy atom. The molecule has 0 aliphatic rings. The van der Waals surface area contributed by atoms with E-state index in [9.17, 15) is 13.6 Å². The van der Waals surface area contributed by atoms with E-state index in [1.165, 1.54) is 31.4 Å². The summed E-state index contributed by atoms with van der Waals surface area (Å²) < 4.78 is 40.0. The van der Waals surface area contributed by atoms with E-state index in [0.29, 0.717) is 11.3 Å². The third kappa shape index (κ3) is 5.18. The Morgan fingerprint density at radius 3 is 2.58 bits per heavy atom. The van der Waals surface area contributed by atoms with Crippen molar-refractivity contribution in [1.29, 1.82) is 0 Å². The van der Waals surface area contributed by atoms with E-state index >= 15 is 0 Å². The van der Waals surface area contributed by atoms with E-state index < -0.39 is 18.0 Å². The van der Waals surface area contributed by atoms with Crippen LogP contribution in [0.3, 0.4) is 0 Å². The van der Waals surface area contributed by atoms with Gasteiger partial charge in [0.15, 0.2) is 0 Å². The van der Waals surface area contributed by atoms with Gasteiger partial charge in [-0.3, -0.25) is 4.79 Å². The minimum absolute atomic E-state index is 0.0886. The minimum atomic E-state index is -0.647. The molecule has 6 nitrogen and oxygen atoms in total. The van der Waals surface area contributed by atoms with Crippen LogP contribution in [0.2, 0.25) is 0 Å². The molecular formula is C25H23F2N3O3. The van der Waals surface area contributed by atoms with Crippen LogP contribution in [0.5, 0.6) is 5.75 Å². The van der Waals surface area contributed by atoms with Crippen LogP contribution in [-0.2, 0) is 9.53 Å². The Labute approximate surface area is 189 Å². The summed E-state index contributed by atoms with van der Waals surface area (Å²) in [5, 5.41) is 8.04. The van der Waals surface area contributed by atoms with Gasteiger partial charge in [-0.15, -0.1) is 0 Å². The van der Waals surface area contributed by atoms with Crippen LogP contribution < -0.4 is 10.1 Å². The molecule has 1 N–H and O–H groups in total. The number of aromatic nitrogens is 2. The fourth-order valence-corrected chi connectivity index (χ4v) is 3.66. The molecule has 0 saturated carbocycles. The molecule has 1 heterocycles. The molecule has 8 heteroatoms. The van der Waals surface area contributed by atoms with E-state index in [1.807, 2.05) is 12.1 Å². The number of methoxy groups -OCH3 is 1. The summed E-state index contributed by atoms with van der Waals surface area (Å²) in [6, 6.07) is 17.1. The number of nitrogens with zero attached hydrogens (tertiary/aromatic N) is 2. The molecule has 0 radical (unpaired) electrons. The van der Waals surface area contributed by atoms with Crippen molar-refractivity contribution >= 4 is 16.8 Å². The molecule has 1 amide bonds. The molecule has 0 aliphatic carbocycles. The number of hydrogen-bond acceptors (Lipinski definition) is 4. The molecule has 4 aromatic rings. The second kappa shape index (κ2) is 9.79. The Balaban J connectivity index is 1.63. The van der Waals surface area contributed by atoms with Crippen LogP contribution in [0.15, 0.2) is 72.9 Å². The fourth-order valence-electron chi connectivity index (χ4n) is 3.66. The lowest BCUT2D eigenvalue weighted by molar-refractivity contribution is -0.126. The molecule has 33 heavy (non-hydrogen) atoms. The van der Waals surface area contributed by atoms with Crippen LogP contribution in [0, 0.1) is 11.6 Å². The van der Waals surface area contributed by atoms with Gasteiger partial charge in [-0.05, 0) is 67.1 Å². The average Bonchev–Trinajstić information content (AvgIpc) is 3.21. The Bertz CT molecular complexity index is 1260. The molecule has 0 bridgehead atoms. The molecular weight excluding hydrogens is 428 g/mol. The highest BCUT2D eigenvalue weighted by Gasteiger charge is 2.24. The normalized spacial score (nSPS) is 13.0. The Kier molecular flexibility index (Phi) is 6.65. The number of carbonyl (C=O) groups excluding carboxylic acids is 1. The quantitative estimate of drug-likeness (QED) is 0.426. The first-order chi connectivity index (χ1) is 15.9. The van der Waals surface area contributed by atoms with Crippen molar-refractivity contribution in [1.82, 2.24) is 15.1 Å². The molecule has 4 rings (SSSR count).